The van der Waals surface area contributed by atoms with Gasteiger partial charge in [0.1, 0.15) is 18.1 Å². The summed E-state index contributed by atoms with van der Waals surface area (Å²) in [6.07, 6.45) is 2.17. The molecule has 1 heterocycles. The highest BCUT2D eigenvalue weighted by atomic mass is 16.5. The Bertz CT molecular complexity index is 833. The van der Waals surface area contributed by atoms with E-state index in [0.717, 1.165) is 36.5 Å². The zero-order valence-corrected chi connectivity index (χ0v) is 18.5. The van der Waals surface area contributed by atoms with Crippen LogP contribution >= 0.6 is 0 Å². The van der Waals surface area contributed by atoms with Gasteiger partial charge in [0, 0.05) is 24.3 Å². The molecule has 1 saturated heterocycles. The second-order valence-corrected chi connectivity index (χ2v) is 8.66. The van der Waals surface area contributed by atoms with E-state index in [4.69, 9.17) is 14.2 Å². The lowest BCUT2D eigenvalue weighted by Crippen LogP contribution is -2.31. The highest BCUT2D eigenvalue weighted by molar-refractivity contribution is 5.94. The SMILES string of the molecule is CCOc1ccc(C(=O)NC[C@@H]2CCCO2)cc1COc1ccc(C(C)(C)C)cc1. The highest BCUT2D eigenvalue weighted by Crippen LogP contribution is 2.26. The Kier molecular flexibility index (Phi) is 7.38. The topological polar surface area (TPSA) is 56.8 Å². The molecule has 30 heavy (non-hydrogen) atoms. The molecule has 3 rings (SSSR count). The third kappa shape index (κ3) is 5.99. The number of carbonyl (C=O) groups excluding carboxylic acids is 1. The molecule has 5 nitrogen and oxygen atoms in total. The average Bonchev–Trinajstić information content (AvgIpc) is 3.25. The highest BCUT2D eigenvalue weighted by Gasteiger charge is 2.18. The maximum atomic E-state index is 12.6. The van der Waals surface area contributed by atoms with Crippen LogP contribution in [0.25, 0.3) is 0 Å². The zero-order chi connectivity index (χ0) is 21.6. The number of carbonyl (C=O) groups is 1. The van der Waals surface area contributed by atoms with Crippen LogP contribution in [0.5, 0.6) is 11.5 Å². The van der Waals surface area contributed by atoms with Crippen LogP contribution in [0.4, 0.5) is 0 Å². The quantitative estimate of drug-likeness (QED) is 0.673. The molecule has 1 atom stereocenters. The fourth-order valence-electron chi connectivity index (χ4n) is 3.46. The summed E-state index contributed by atoms with van der Waals surface area (Å²) in [6.45, 7) is 10.7. The molecule has 0 radical (unpaired) electrons. The van der Waals surface area contributed by atoms with E-state index in [2.05, 4.69) is 38.2 Å². The number of hydrogen-bond donors (Lipinski definition) is 1. The van der Waals surface area contributed by atoms with Crippen LogP contribution in [0.2, 0.25) is 0 Å². The molecule has 0 unspecified atom stereocenters. The fourth-order valence-corrected chi connectivity index (χ4v) is 3.46. The molecule has 162 valence electrons. The number of hydrogen-bond acceptors (Lipinski definition) is 4. The summed E-state index contributed by atoms with van der Waals surface area (Å²) in [6, 6.07) is 13.6. The van der Waals surface area contributed by atoms with Crippen molar-refractivity contribution in [1.29, 1.82) is 0 Å². The van der Waals surface area contributed by atoms with Crippen molar-refractivity contribution in [3.05, 3.63) is 59.2 Å². The number of nitrogens with one attached hydrogen (secondary N) is 1. The molecule has 1 amide bonds. The standard InChI is InChI=1S/C25H33NO4/c1-5-28-23-13-8-18(24(27)26-16-22-7-6-14-29-22)15-19(23)17-30-21-11-9-20(10-12-21)25(2,3)4/h8-13,15,22H,5-7,14,16-17H2,1-4H3,(H,26,27)/t22-/m0/s1. The van der Waals surface area contributed by atoms with E-state index in [-0.39, 0.29) is 17.4 Å². The summed E-state index contributed by atoms with van der Waals surface area (Å²) >= 11 is 0. The third-order valence-electron chi connectivity index (χ3n) is 5.25. The lowest BCUT2D eigenvalue weighted by atomic mass is 9.87. The van der Waals surface area contributed by atoms with Crippen LogP contribution < -0.4 is 14.8 Å². The average molecular weight is 412 g/mol. The fraction of sp³-hybridized carbons (Fsp3) is 0.480. The molecule has 1 aliphatic rings. The van der Waals surface area contributed by atoms with E-state index in [1.165, 1.54) is 5.56 Å². The second kappa shape index (κ2) is 9.98. The molecule has 0 bridgehead atoms. The molecule has 0 saturated carbocycles. The maximum absolute atomic E-state index is 12.6. The lowest BCUT2D eigenvalue weighted by molar-refractivity contribution is 0.0857. The van der Waals surface area contributed by atoms with Crippen LogP contribution in [0.3, 0.4) is 0 Å². The van der Waals surface area contributed by atoms with Crippen molar-refractivity contribution >= 4 is 5.91 Å². The van der Waals surface area contributed by atoms with Crippen molar-refractivity contribution in [2.24, 2.45) is 0 Å². The Morgan fingerprint density at radius 1 is 1.13 bits per heavy atom. The predicted molar refractivity (Wildman–Crippen MR) is 118 cm³/mol. The first-order chi connectivity index (χ1) is 14.4. The molecule has 2 aromatic carbocycles. The van der Waals surface area contributed by atoms with Gasteiger partial charge in [0.15, 0.2) is 0 Å². The number of benzene rings is 2. The molecule has 1 N–H and O–H groups in total. The van der Waals surface area contributed by atoms with E-state index >= 15 is 0 Å². The second-order valence-electron chi connectivity index (χ2n) is 8.66. The lowest BCUT2D eigenvalue weighted by Gasteiger charge is -2.19. The molecule has 0 aromatic heterocycles. The van der Waals surface area contributed by atoms with Crippen molar-refractivity contribution in [2.45, 2.75) is 58.7 Å². The smallest absolute Gasteiger partial charge is 0.251 e. The van der Waals surface area contributed by atoms with Gasteiger partial charge in [-0.05, 0) is 61.1 Å². The Hall–Kier alpha value is -2.53. The number of rotatable bonds is 8. The summed E-state index contributed by atoms with van der Waals surface area (Å²) < 4.78 is 17.3. The predicted octanol–water partition coefficient (Wildman–Crippen LogP) is 4.87. The van der Waals surface area contributed by atoms with Gasteiger partial charge in [-0.2, -0.15) is 0 Å². The van der Waals surface area contributed by atoms with Crippen molar-refractivity contribution < 1.29 is 19.0 Å². The van der Waals surface area contributed by atoms with Gasteiger partial charge in [0.25, 0.3) is 5.91 Å². The Labute approximate surface area is 179 Å². The summed E-state index contributed by atoms with van der Waals surface area (Å²) in [5.74, 6) is 1.42. The molecular weight excluding hydrogens is 378 g/mol. The molecule has 1 aliphatic heterocycles. The molecule has 2 aromatic rings. The van der Waals surface area contributed by atoms with Crippen LogP contribution in [-0.2, 0) is 16.8 Å². The largest absolute Gasteiger partial charge is 0.493 e. The minimum atomic E-state index is -0.107. The summed E-state index contributed by atoms with van der Waals surface area (Å²) in [5, 5.41) is 2.97. The van der Waals surface area contributed by atoms with Gasteiger partial charge in [-0.25, -0.2) is 0 Å². The summed E-state index contributed by atoms with van der Waals surface area (Å²) in [4.78, 5) is 12.6. The Balaban J connectivity index is 1.67. The van der Waals surface area contributed by atoms with Crippen molar-refractivity contribution in [3.8, 4) is 11.5 Å². The minimum absolute atomic E-state index is 0.103. The van der Waals surface area contributed by atoms with Gasteiger partial charge in [0.2, 0.25) is 0 Å². The van der Waals surface area contributed by atoms with Crippen molar-refractivity contribution in [3.63, 3.8) is 0 Å². The van der Waals surface area contributed by atoms with Gasteiger partial charge in [-0.1, -0.05) is 32.9 Å². The first-order valence-electron chi connectivity index (χ1n) is 10.8. The summed E-state index contributed by atoms with van der Waals surface area (Å²) in [7, 11) is 0. The van der Waals surface area contributed by atoms with E-state index in [1.807, 2.05) is 31.2 Å². The monoisotopic (exact) mass is 411 g/mol. The van der Waals surface area contributed by atoms with Gasteiger partial charge in [-0.15, -0.1) is 0 Å². The Morgan fingerprint density at radius 2 is 1.90 bits per heavy atom. The molecule has 0 aliphatic carbocycles. The molecule has 5 heteroatoms. The molecule has 1 fully saturated rings. The summed E-state index contributed by atoms with van der Waals surface area (Å²) in [5.41, 5.74) is 2.81. The number of ether oxygens (including phenoxy) is 3. The zero-order valence-electron chi connectivity index (χ0n) is 18.5. The van der Waals surface area contributed by atoms with Crippen LogP contribution in [0, 0.1) is 0 Å². The molecule has 0 spiro atoms. The first kappa shape index (κ1) is 22.2. The Morgan fingerprint density at radius 3 is 2.53 bits per heavy atom. The van der Waals surface area contributed by atoms with Gasteiger partial charge >= 0.3 is 0 Å². The van der Waals surface area contributed by atoms with Crippen LogP contribution in [-0.4, -0.2) is 31.8 Å². The maximum Gasteiger partial charge on any atom is 0.251 e. The number of amides is 1. The van der Waals surface area contributed by atoms with Gasteiger partial charge < -0.3 is 19.5 Å². The van der Waals surface area contributed by atoms with Gasteiger partial charge in [-0.3, -0.25) is 4.79 Å². The van der Waals surface area contributed by atoms with Crippen LogP contribution in [0.1, 0.15) is 62.0 Å². The van der Waals surface area contributed by atoms with E-state index < -0.39 is 0 Å². The minimum Gasteiger partial charge on any atom is -0.493 e. The van der Waals surface area contributed by atoms with Crippen molar-refractivity contribution in [1.82, 2.24) is 5.32 Å². The van der Waals surface area contributed by atoms with Crippen molar-refractivity contribution in [2.75, 3.05) is 19.8 Å². The normalized spacial score (nSPS) is 16.3. The van der Waals surface area contributed by atoms with E-state index in [9.17, 15) is 4.79 Å². The van der Waals surface area contributed by atoms with E-state index in [1.54, 1.807) is 6.07 Å². The molecular formula is C25H33NO4. The van der Waals surface area contributed by atoms with E-state index in [0.29, 0.717) is 25.3 Å². The first-order valence-corrected chi connectivity index (χ1v) is 10.8. The third-order valence-corrected chi connectivity index (χ3v) is 5.25. The van der Waals surface area contributed by atoms with Crippen LogP contribution in [0.15, 0.2) is 42.5 Å². The van der Waals surface area contributed by atoms with Gasteiger partial charge in [0.05, 0.1) is 12.7 Å².